The van der Waals surface area contributed by atoms with Crippen LogP contribution in [-0.4, -0.2) is 30.4 Å². The Morgan fingerprint density at radius 3 is 2.62 bits per heavy atom. The number of carbonyl (C=O) groups excluding carboxylic acids is 1. The maximum Gasteiger partial charge on any atom is 0.236 e. The van der Waals surface area contributed by atoms with Crippen LogP contribution in [0.3, 0.4) is 0 Å². The van der Waals surface area contributed by atoms with Crippen molar-refractivity contribution in [2.45, 2.75) is 52.0 Å². The highest BCUT2D eigenvalue weighted by molar-refractivity contribution is 5.78. The molecule has 2 rings (SSSR count). The minimum atomic E-state index is 0.197. The summed E-state index contributed by atoms with van der Waals surface area (Å²) in [5.74, 6) is 0.197. The standard InChI is InChI=1S/C18H28N2O/c1-5-20(6-2)17(21)13-19-16-11-12-18(3,4)15-10-8-7-9-14(15)16/h7-10,16,19H,5-6,11-13H2,1-4H3. The summed E-state index contributed by atoms with van der Waals surface area (Å²) in [4.78, 5) is 14.0. The van der Waals surface area contributed by atoms with E-state index in [1.54, 1.807) is 0 Å². The fourth-order valence-electron chi connectivity index (χ4n) is 3.32. The van der Waals surface area contributed by atoms with Gasteiger partial charge in [0.25, 0.3) is 0 Å². The van der Waals surface area contributed by atoms with Crippen LogP contribution < -0.4 is 5.32 Å². The number of likely N-dealkylation sites (N-methyl/N-ethyl adjacent to an activating group) is 1. The van der Waals surface area contributed by atoms with E-state index in [9.17, 15) is 4.79 Å². The summed E-state index contributed by atoms with van der Waals surface area (Å²) in [6, 6.07) is 8.95. The van der Waals surface area contributed by atoms with Crippen LogP contribution in [0.5, 0.6) is 0 Å². The molecule has 0 aromatic heterocycles. The molecule has 3 nitrogen and oxygen atoms in total. The fraction of sp³-hybridized carbons (Fsp3) is 0.611. The molecule has 1 atom stereocenters. The Morgan fingerprint density at radius 2 is 1.95 bits per heavy atom. The van der Waals surface area contributed by atoms with Gasteiger partial charge in [0.1, 0.15) is 0 Å². The Balaban J connectivity index is 2.07. The Morgan fingerprint density at radius 1 is 1.29 bits per heavy atom. The first-order valence-corrected chi connectivity index (χ1v) is 8.10. The van der Waals surface area contributed by atoms with Crippen LogP contribution in [-0.2, 0) is 10.2 Å². The van der Waals surface area contributed by atoms with Crippen molar-refractivity contribution in [3.63, 3.8) is 0 Å². The van der Waals surface area contributed by atoms with Crippen LogP contribution in [0, 0.1) is 0 Å². The number of nitrogens with zero attached hydrogens (tertiary/aromatic N) is 1. The Kier molecular flexibility index (Phi) is 5.04. The predicted octanol–water partition coefficient (Wildman–Crippen LogP) is 3.26. The van der Waals surface area contributed by atoms with E-state index in [1.165, 1.54) is 11.1 Å². The molecule has 1 aliphatic rings. The van der Waals surface area contributed by atoms with E-state index >= 15 is 0 Å². The van der Waals surface area contributed by atoms with E-state index in [0.29, 0.717) is 12.6 Å². The van der Waals surface area contributed by atoms with Crippen molar-refractivity contribution in [2.75, 3.05) is 19.6 Å². The number of hydrogen-bond donors (Lipinski definition) is 1. The molecular formula is C18H28N2O. The highest BCUT2D eigenvalue weighted by Crippen LogP contribution is 2.41. The molecule has 3 heteroatoms. The van der Waals surface area contributed by atoms with E-state index < -0.39 is 0 Å². The third-order valence-corrected chi connectivity index (χ3v) is 4.74. The van der Waals surface area contributed by atoms with Crippen molar-refractivity contribution in [1.29, 1.82) is 0 Å². The molecular weight excluding hydrogens is 260 g/mol. The minimum absolute atomic E-state index is 0.197. The number of hydrogen-bond acceptors (Lipinski definition) is 2. The van der Waals surface area contributed by atoms with Crippen molar-refractivity contribution < 1.29 is 4.79 Å². The average molecular weight is 288 g/mol. The number of fused-ring (bicyclic) bond motifs is 1. The van der Waals surface area contributed by atoms with E-state index in [1.807, 2.05) is 18.7 Å². The van der Waals surface area contributed by atoms with Crippen LogP contribution >= 0.6 is 0 Å². The Hall–Kier alpha value is -1.35. The number of amides is 1. The van der Waals surface area contributed by atoms with Crippen molar-refractivity contribution in [1.82, 2.24) is 10.2 Å². The summed E-state index contributed by atoms with van der Waals surface area (Å²) >= 11 is 0. The Labute approximate surface area is 128 Å². The molecule has 116 valence electrons. The van der Waals surface area contributed by atoms with Gasteiger partial charge in [-0.2, -0.15) is 0 Å². The van der Waals surface area contributed by atoms with Gasteiger partial charge in [-0.3, -0.25) is 4.79 Å². The van der Waals surface area contributed by atoms with Gasteiger partial charge in [0.2, 0.25) is 5.91 Å². The third-order valence-electron chi connectivity index (χ3n) is 4.74. The van der Waals surface area contributed by atoms with Crippen LogP contribution in [0.2, 0.25) is 0 Å². The highest BCUT2D eigenvalue weighted by atomic mass is 16.2. The number of nitrogens with one attached hydrogen (secondary N) is 1. The molecule has 0 aliphatic heterocycles. The zero-order chi connectivity index (χ0) is 15.5. The summed E-state index contributed by atoms with van der Waals surface area (Å²) in [6.45, 7) is 10.7. The van der Waals surface area contributed by atoms with Gasteiger partial charge in [-0.25, -0.2) is 0 Å². The predicted molar refractivity (Wildman–Crippen MR) is 87.4 cm³/mol. The molecule has 0 fully saturated rings. The zero-order valence-corrected chi connectivity index (χ0v) is 13.8. The number of carbonyl (C=O) groups is 1. The van der Waals surface area contributed by atoms with E-state index in [2.05, 4.69) is 43.4 Å². The van der Waals surface area contributed by atoms with E-state index in [0.717, 1.165) is 25.9 Å². The molecule has 1 aliphatic carbocycles. The van der Waals surface area contributed by atoms with E-state index in [-0.39, 0.29) is 11.3 Å². The van der Waals surface area contributed by atoms with Gasteiger partial charge < -0.3 is 10.2 Å². The molecule has 0 saturated carbocycles. The SMILES string of the molecule is CCN(CC)C(=O)CNC1CCC(C)(C)c2ccccc21. The summed E-state index contributed by atoms with van der Waals surface area (Å²) in [5.41, 5.74) is 3.02. The smallest absolute Gasteiger partial charge is 0.236 e. The van der Waals surface area contributed by atoms with Crippen molar-refractivity contribution >= 4 is 5.91 Å². The van der Waals surface area contributed by atoms with Crippen LogP contribution in [0.15, 0.2) is 24.3 Å². The van der Waals surface area contributed by atoms with Crippen molar-refractivity contribution in [3.05, 3.63) is 35.4 Å². The molecule has 0 saturated heterocycles. The van der Waals surface area contributed by atoms with Gasteiger partial charge in [0.15, 0.2) is 0 Å². The second-order valence-electron chi connectivity index (χ2n) is 6.51. The summed E-state index contributed by atoms with van der Waals surface area (Å²) in [7, 11) is 0. The van der Waals surface area contributed by atoms with Crippen molar-refractivity contribution in [2.24, 2.45) is 0 Å². The lowest BCUT2D eigenvalue weighted by Gasteiger charge is -2.37. The lowest BCUT2D eigenvalue weighted by Crippen LogP contribution is -2.41. The number of benzene rings is 1. The van der Waals surface area contributed by atoms with Crippen LogP contribution in [0.4, 0.5) is 0 Å². The largest absolute Gasteiger partial charge is 0.342 e. The maximum absolute atomic E-state index is 12.2. The topological polar surface area (TPSA) is 32.3 Å². The third kappa shape index (κ3) is 3.46. The summed E-state index contributed by atoms with van der Waals surface area (Å²) < 4.78 is 0. The van der Waals surface area contributed by atoms with Gasteiger partial charge in [0.05, 0.1) is 6.54 Å². The first-order chi connectivity index (χ1) is 9.99. The average Bonchev–Trinajstić information content (AvgIpc) is 2.48. The zero-order valence-electron chi connectivity index (χ0n) is 13.8. The first kappa shape index (κ1) is 16.0. The molecule has 1 amide bonds. The van der Waals surface area contributed by atoms with Gasteiger partial charge in [-0.05, 0) is 43.2 Å². The second kappa shape index (κ2) is 6.61. The quantitative estimate of drug-likeness (QED) is 0.902. The fourth-order valence-corrected chi connectivity index (χ4v) is 3.32. The van der Waals surface area contributed by atoms with Crippen LogP contribution in [0.25, 0.3) is 0 Å². The molecule has 1 aromatic carbocycles. The first-order valence-electron chi connectivity index (χ1n) is 8.10. The van der Waals surface area contributed by atoms with Gasteiger partial charge >= 0.3 is 0 Å². The normalized spacial score (nSPS) is 19.9. The highest BCUT2D eigenvalue weighted by Gasteiger charge is 2.32. The van der Waals surface area contributed by atoms with Gasteiger partial charge in [0, 0.05) is 19.1 Å². The molecule has 1 N–H and O–H groups in total. The molecule has 21 heavy (non-hydrogen) atoms. The molecule has 1 aromatic rings. The van der Waals surface area contributed by atoms with Crippen LogP contribution in [0.1, 0.15) is 57.7 Å². The molecule has 0 radical (unpaired) electrons. The Bertz CT molecular complexity index is 492. The summed E-state index contributed by atoms with van der Waals surface area (Å²) in [5, 5.41) is 3.47. The lowest BCUT2D eigenvalue weighted by molar-refractivity contribution is -0.130. The van der Waals surface area contributed by atoms with Gasteiger partial charge in [-0.1, -0.05) is 38.1 Å². The van der Waals surface area contributed by atoms with Crippen molar-refractivity contribution in [3.8, 4) is 0 Å². The summed E-state index contributed by atoms with van der Waals surface area (Å²) in [6.07, 6.45) is 2.25. The second-order valence-corrected chi connectivity index (χ2v) is 6.51. The minimum Gasteiger partial charge on any atom is -0.342 e. The molecule has 0 spiro atoms. The molecule has 1 unspecified atom stereocenters. The van der Waals surface area contributed by atoms with Gasteiger partial charge in [-0.15, -0.1) is 0 Å². The number of rotatable bonds is 5. The molecule has 0 bridgehead atoms. The lowest BCUT2D eigenvalue weighted by atomic mass is 9.71. The molecule has 0 heterocycles. The monoisotopic (exact) mass is 288 g/mol. The maximum atomic E-state index is 12.2. The van der Waals surface area contributed by atoms with E-state index in [4.69, 9.17) is 0 Å².